The van der Waals surface area contributed by atoms with E-state index in [0.29, 0.717) is 13.0 Å². The summed E-state index contributed by atoms with van der Waals surface area (Å²) in [7, 11) is 0. The van der Waals surface area contributed by atoms with Crippen molar-refractivity contribution in [3.63, 3.8) is 0 Å². The van der Waals surface area contributed by atoms with Crippen molar-refractivity contribution in [2.75, 3.05) is 6.54 Å². The quantitative estimate of drug-likeness (QED) is 0.729. The summed E-state index contributed by atoms with van der Waals surface area (Å²) in [6, 6.07) is 9.49. The van der Waals surface area contributed by atoms with Crippen molar-refractivity contribution < 1.29 is 14.3 Å². The molecule has 1 aromatic carbocycles. The normalized spacial score (nSPS) is 18.6. The first-order valence-corrected chi connectivity index (χ1v) is 9.19. The molecule has 1 unspecified atom stereocenters. The number of hydrogen-bond donors (Lipinski definition) is 0. The van der Waals surface area contributed by atoms with Crippen molar-refractivity contribution in [3.05, 3.63) is 35.2 Å². The molecule has 3 rings (SSSR count). The lowest BCUT2D eigenvalue weighted by Gasteiger charge is -2.35. The summed E-state index contributed by atoms with van der Waals surface area (Å²) in [6.07, 6.45) is 2.18. The van der Waals surface area contributed by atoms with Crippen LogP contribution in [-0.2, 0) is 4.74 Å². The van der Waals surface area contributed by atoms with Gasteiger partial charge in [-0.25, -0.2) is 4.79 Å². The number of ether oxygens (including phenoxy) is 1. The van der Waals surface area contributed by atoms with Gasteiger partial charge in [0, 0.05) is 11.2 Å². The van der Waals surface area contributed by atoms with Crippen molar-refractivity contribution in [2.45, 2.75) is 51.7 Å². The van der Waals surface area contributed by atoms with Gasteiger partial charge in [0.15, 0.2) is 5.78 Å². The van der Waals surface area contributed by atoms with E-state index in [0.717, 1.165) is 27.8 Å². The van der Waals surface area contributed by atoms with Crippen molar-refractivity contribution >= 4 is 33.3 Å². The molecule has 4 nitrogen and oxygen atoms in total. The highest BCUT2D eigenvalue weighted by atomic mass is 32.1. The van der Waals surface area contributed by atoms with E-state index >= 15 is 0 Å². The number of nitrogens with zero attached hydrogens (tertiary/aromatic N) is 1. The van der Waals surface area contributed by atoms with E-state index in [2.05, 4.69) is 0 Å². The number of ketones is 1. The zero-order valence-electron chi connectivity index (χ0n) is 14.4. The molecule has 1 aliphatic heterocycles. The molecule has 1 amide bonds. The Morgan fingerprint density at radius 1 is 1.21 bits per heavy atom. The van der Waals surface area contributed by atoms with Gasteiger partial charge in [0.05, 0.1) is 10.9 Å². The molecule has 24 heavy (non-hydrogen) atoms. The average molecular weight is 345 g/mol. The summed E-state index contributed by atoms with van der Waals surface area (Å²) >= 11 is 1.50. The summed E-state index contributed by atoms with van der Waals surface area (Å²) in [5.41, 5.74) is -0.556. The molecule has 1 aromatic heterocycles. The number of hydrogen-bond acceptors (Lipinski definition) is 4. The van der Waals surface area contributed by atoms with Gasteiger partial charge in [-0.3, -0.25) is 9.69 Å². The second-order valence-electron chi connectivity index (χ2n) is 7.20. The highest BCUT2D eigenvalue weighted by Gasteiger charge is 2.35. The van der Waals surface area contributed by atoms with Gasteiger partial charge < -0.3 is 4.74 Å². The fourth-order valence-electron chi connectivity index (χ4n) is 3.01. The van der Waals surface area contributed by atoms with Gasteiger partial charge in [-0.15, -0.1) is 11.3 Å². The highest BCUT2D eigenvalue weighted by molar-refractivity contribution is 7.20. The molecule has 1 fully saturated rings. The first-order valence-electron chi connectivity index (χ1n) is 8.37. The van der Waals surface area contributed by atoms with Gasteiger partial charge in [-0.1, -0.05) is 18.2 Å². The van der Waals surface area contributed by atoms with Crippen LogP contribution in [0, 0.1) is 0 Å². The van der Waals surface area contributed by atoms with Crippen LogP contribution in [0.3, 0.4) is 0 Å². The van der Waals surface area contributed by atoms with Crippen molar-refractivity contribution in [2.24, 2.45) is 0 Å². The van der Waals surface area contributed by atoms with Crippen LogP contribution in [-0.4, -0.2) is 35.0 Å². The number of thiophene rings is 1. The van der Waals surface area contributed by atoms with Gasteiger partial charge in [-0.2, -0.15) is 0 Å². The molecule has 0 spiro atoms. The van der Waals surface area contributed by atoms with Crippen molar-refractivity contribution in [3.8, 4) is 0 Å². The SMILES string of the molecule is CC(C)(C)OC(=O)N1CCCCC1C(=O)c1cc2ccccc2s1. The van der Waals surface area contributed by atoms with Gasteiger partial charge in [0.1, 0.15) is 5.60 Å². The third-order valence-electron chi connectivity index (χ3n) is 4.10. The Morgan fingerprint density at radius 3 is 2.67 bits per heavy atom. The van der Waals surface area contributed by atoms with E-state index in [1.165, 1.54) is 11.3 Å². The molecule has 1 atom stereocenters. The van der Waals surface area contributed by atoms with E-state index in [-0.39, 0.29) is 11.9 Å². The van der Waals surface area contributed by atoms with E-state index in [9.17, 15) is 9.59 Å². The van der Waals surface area contributed by atoms with E-state index in [1.54, 1.807) is 4.90 Å². The summed E-state index contributed by atoms with van der Waals surface area (Å²) in [6.45, 7) is 6.11. The minimum Gasteiger partial charge on any atom is -0.444 e. The summed E-state index contributed by atoms with van der Waals surface area (Å²) < 4.78 is 6.59. The number of carbonyl (C=O) groups is 2. The Kier molecular flexibility index (Phi) is 4.63. The number of fused-ring (bicyclic) bond motifs is 1. The van der Waals surface area contributed by atoms with Gasteiger partial charge in [0.2, 0.25) is 0 Å². The lowest BCUT2D eigenvalue weighted by Crippen LogP contribution is -2.49. The predicted octanol–water partition coefficient (Wildman–Crippen LogP) is 4.87. The standard InChI is InChI=1S/C19H23NO3S/c1-19(2,3)23-18(22)20-11-7-6-9-14(20)17(21)16-12-13-8-4-5-10-15(13)24-16/h4-5,8,10,12,14H,6-7,9,11H2,1-3H3. The maximum absolute atomic E-state index is 13.0. The smallest absolute Gasteiger partial charge is 0.410 e. The summed E-state index contributed by atoms with van der Waals surface area (Å²) in [4.78, 5) is 27.8. The molecule has 1 aliphatic rings. The monoisotopic (exact) mass is 345 g/mol. The van der Waals surface area contributed by atoms with Crippen LogP contribution in [0.25, 0.3) is 10.1 Å². The molecule has 128 valence electrons. The number of benzene rings is 1. The van der Waals surface area contributed by atoms with Gasteiger partial charge in [0.25, 0.3) is 0 Å². The van der Waals surface area contributed by atoms with Crippen LogP contribution in [0.2, 0.25) is 0 Å². The van der Waals surface area contributed by atoms with Crippen LogP contribution < -0.4 is 0 Å². The molecule has 0 radical (unpaired) electrons. The topological polar surface area (TPSA) is 46.6 Å². The number of amides is 1. The van der Waals surface area contributed by atoms with Gasteiger partial charge >= 0.3 is 6.09 Å². The molecular weight excluding hydrogens is 322 g/mol. The zero-order valence-corrected chi connectivity index (χ0v) is 15.2. The van der Waals surface area contributed by atoms with Crippen LogP contribution in [0.5, 0.6) is 0 Å². The zero-order chi connectivity index (χ0) is 17.3. The van der Waals surface area contributed by atoms with E-state index in [4.69, 9.17) is 4.74 Å². The molecule has 5 heteroatoms. The first-order chi connectivity index (χ1) is 11.3. The number of piperidine rings is 1. The first kappa shape index (κ1) is 17.0. The highest BCUT2D eigenvalue weighted by Crippen LogP contribution is 2.30. The fraction of sp³-hybridized carbons (Fsp3) is 0.474. The third kappa shape index (κ3) is 3.61. The van der Waals surface area contributed by atoms with Crippen LogP contribution in [0.1, 0.15) is 49.7 Å². The minimum absolute atomic E-state index is 0.0294. The maximum Gasteiger partial charge on any atom is 0.410 e. The lowest BCUT2D eigenvalue weighted by atomic mass is 9.98. The van der Waals surface area contributed by atoms with Crippen LogP contribution in [0.4, 0.5) is 4.79 Å². The molecule has 0 aliphatic carbocycles. The van der Waals surface area contributed by atoms with Crippen LogP contribution in [0.15, 0.2) is 30.3 Å². The molecule has 0 N–H and O–H groups in total. The third-order valence-corrected chi connectivity index (χ3v) is 5.23. The predicted molar refractivity (Wildman–Crippen MR) is 96.7 cm³/mol. The lowest BCUT2D eigenvalue weighted by molar-refractivity contribution is 0.0105. The molecule has 1 saturated heterocycles. The Morgan fingerprint density at radius 2 is 1.96 bits per heavy atom. The Balaban J connectivity index is 1.84. The van der Waals surface area contributed by atoms with Gasteiger partial charge in [-0.05, 0) is 57.6 Å². The Bertz CT molecular complexity index is 726. The summed E-state index contributed by atoms with van der Waals surface area (Å²) in [5.74, 6) is 0.0294. The number of rotatable bonds is 2. The molecule has 0 saturated carbocycles. The minimum atomic E-state index is -0.556. The Hall–Kier alpha value is -1.88. The Labute approximate surface area is 146 Å². The second-order valence-corrected chi connectivity index (χ2v) is 8.28. The van der Waals surface area contributed by atoms with Crippen molar-refractivity contribution in [1.29, 1.82) is 0 Å². The number of carbonyl (C=O) groups excluding carboxylic acids is 2. The van der Waals surface area contributed by atoms with E-state index in [1.807, 2.05) is 51.1 Å². The molecular formula is C19H23NO3S. The largest absolute Gasteiger partial charge is 0.444 e. The summed E-state index contributed by atoms with van der Waals surface area (Å²) in [5, 5.41) is 1.07. The second kappa shape index (κ2) is 6.55. The van der Waals surface area contributed by atoms with Crippen molar-refractivity contribution in [1.82, 2.24) is 4.90 Å². The van der Waals surface area contributed by atoms with E-state index < -0.39 is 11.6 Å². The van der Waals surface area contributed by atoms with Crippen LogP contribution >= 0.6 is 11.3 Å². The fourth-order valence-corrected chi connectivity index (χ4v) is 4.06. The molecule has 2 heterocycles. The molecule has 0 bridgehead atoms. The molecule has 2 aromatic rings. The average Bonchev–Trinajstić information content (AvgIpc) is 2.96. The number of likely N-dealkylation sites (tertiary alicyclic amines) is 1. The maximum atomic E-state index is 13.0. The number of Topliss-reactive ketones (excluding diaryl/α,β-unsaturated/α-hetero) is 1.